The van der Waals surface area contributed by atoms with Crippen LogP contribution in [0.4, 0.5) is 9.52 Å². The second kappa shape index (κ2) is 5.88. The Morgan fingerprint density at radius 2 is 2.10 bits per heavy atom. The van der Waals surface area contributed by atoms with Crippen LogP contribution in [0.25, 0.3) is 0 Å². The van der Waals surface area contributed by atoms with Gasteiger partial charge in [0.15, 0.2) is 9.34 Å². The van der Waals surface area contributed by atoms with Gasteiger partial charge >= 0.3 is 0 Å². The molecule has 0 atom stereocenters. The molecule has 1 amide bonds. The lowest BCUT2D eigenvalue weighted by molar-refractivity contribution is 0.102. The zero-order chi connectivity index (χ0) is 15.8. The number of carbonyl (C=O) groups excluding carboxylic acids is 1. The van der Waals surface area contributed by atoms with E-state index in [0.29, 0.717) is 11.3 Å². The van der Waals surface area contributed by atoms with Crippen molar-refractivity contribution in [3.8, 4) is 0 Å². The van der Waals surface area contributed by atoms with Gasteiger partial charge in [-0.3, -0.25) is 10.1 Å². The number of nitrogens with zero attached hydrogens (tertiary/aromatic N) is 1. The summed E-state index contributed by atoms with van der Waals surface area (Å²) in [5, 5.41) is 2.50. The van der Waals surface area contributed by atoms with Crippen molar-refractivity contribution in [2.45, 2.75) is 11.1 Å². The molecule has 1 aromatic carbocycles. The molecule has 10 heteroatoms. The van der Waals surface area contributed by atoms with Crippen molar-refractivity contribution in [1.82, 2.24) is 4.98 Å². The number of rotatable bonds is 3. The van der Waals surface area contributed by atoms with Crippen LogP contribution in [-0.2, 0) is 9.05 Å². The maximum atomic E-state index is 13.5. The summed E-state index contributed by atoms with van der Waals surface area (Å²) in [5.41, 5.74) is -0.123. The van der Waals surface area contributed by atoms with Crippen LogP contribution in [-0.4, -0.2) is 19.3 Å². The summed E-state index contributed by atoms with van der Waals surface area (Å²) in [4.78, 5) is 15.8. The summed E-state index contributed by atoms with van der Waals surface area (Å²) >= 11 is 6.38. The number of aromatic nitrogens is 1. The summed E-state index contributed by atoms with van der Waals surface area (Å²) in [6.45, 7) is 1.43. The van der Waals surface area contributed by atoms with E-state index in [1.807, 2.05) is 0 Å². The Morgan fingerprint density at radius 1 is 1.43 bits per heavy atom. The highest BCUT2D eigenvalue weighted by Gasteiger charge is 2.21. The summed E-state index contributed by atoms with van der Waals surface area (Å²) < 4.78 is 35.9. The summed E-state index contributed by atoms with van der Waals surface area (Å²) in [5.74, 6) is -1.54. The topological polar surface area (TPSA) is 76.1 Å². The fourth-order valence-electron chi connectivity index (χ4n) is 1.50. The lowest BCUT2D eigenvalue weighted by atomic mass is 10.2. The molecule has 5 nitrogen and oxygen atoms in total. The van der Waals surface area contributed by atoms with E-state index in [1.54, 1.807) is 0 Å². The second-order valence-electron chi connectivity index (χ2n) is 3.91. The Bertz CT molecular complexity index is 821. The molecule has 0 aliphatic carbocycles. The molecule has 0 unspecified atom stereocenters. The molecule has 0 radical (unpaired) electrons. The molecule has 0 aliphatic rings. The van der Waals surface area contributed by atoms with Crippen LogP contribution in [0.5, 0.6) is 0 Å². The first-order chi connectivity index (χ1) is 9.68. The van der Waals surface area contributed by atoms with Crippen LogP contribution >= 0.6 is 33.6 Å². The number of nitrogens with one attached hydrogen (secondary N) is 1. The number of anilines is 1. The number of thiazole rings is 1. The fourth-order valence-corrected chi connectivity index (χ4v) is 4.02. The molecule has 0 saturated heterocycles. The average Bonchev–Trinajstić information content (AvgIpc) is 2.73. The van der Waals surface area contributed by atoms with Crippen LogP contribution in [0, 0.1) is 12.7 Å². The van der Waals surface area contributed by atoms with Gasteiger partial charge < -0.3 is 0 Å². The molecule has 1 N–H and O–H groups in total. The molecule has 0 aliphatic heterocycles. The Hall–Kier alpha value is -1.22. The number of hydrogen-bond acceptors (Lipinski definition) is 5. The standard InChI is InChI=1S/C11H7Cl2FN2O3S2/c1-5-10(21(13,18)19)20-11(15-5)16-9(17)7-4-6(12)2-3-8(7)14/h2-4H,1H3,(H,15,16,17). The van der Waals surface area contributed by atoms with Crippen molar-refractivity contribution in [2.24, 2.45) is 0 Å². The molecule has 1 aromatic heterocycles. The van der Waals surface area contributed by atoms with E-state index in [4.69, 9.17) is 22.3 Å². The molecule has 2 aromatic rings. The van der Waals surface area contributed by atoms with Gasteiger partial charge in [-0.15, -0.1) is 0 Å². The van der Waals surface area contributed by atoms with E-state index in [2.05, 4.69) is 10.3 Å². The van der Waals surface area contributed by atoms with E-state index in [-0.39, 0.29) is 25.6 Å². The van der Waals surface area contributed by atoms with Crippen molar-refractivity contribution >= 4 is 53.7 Å². The van der Waals surface area contributed by atoms with Crippen LogP contribution < -0.4 is 5.32 Å². The van der Waals surface area contributed by atoms with E-state index in [9.17, 15) is 17.6 Å². The third kappa shape index (κ3) is 3.70. The van der Waals surface area contributed by atoms with Gasteiger partial charge in [-0.1, -0.05) is 22.9 Å². The largest absolute Gasteiger partial charge is 0.298 e. The van der Waals surface area contributed by atoms with Gasteiger partial charge in [-0.2, -0.15) is 0 Å². The SMILES string of the molecule is Cc1nc(NC(=O)c2cc(Cl)ccc2F)sc1S(=O)(=O)Cl. The molecule has 21 heavy (non-hydrogen) atoms. The number of amides is 1. The maximum absolute atomic E-state index is 13.5. The van der Waals surface area contributed by atoms with Gasteiger partial charge in [0.05, 0.1) is 11.3 Å². The van der Waals surface area contributed by atoms with Crippen molar-refractivity contribution < 1.29 is 17.6 Å². The molecule has 1 heterocycles. The molecule has 0 spiro atoms. The number of carbonyl (C=O) groups is 1. The number of aryl methyl sites for hydroxylation is 1. The van der Waals surface area contributed by atoms with Gasteiger partial charge in [0.2, 0.25) is 0 Å². The van der Waals surface area contributed by atoms with Crippen molar-refractivity contribution in [3.63, 3.8) is 0 Å². The third-order valence-electron chi connectivity index (χ3n) is 2.37. The molecule has 0 fully saturated rings. The van der Waals surface area contributed by atoms with Gasteiger partial charge in [-0.05, 0) is 25.1 Å². The van der Waals surface area contributed by atoms with E-state index in [0.717, 1.165) is 12.1 Å². The summed E-state index contributed by atoms with van der Waals surface area (Å²) in [7, 11) is 1.28. The van der Waals surface area contributed by atoms with E-state index < -0.39 is 20.8 Å². The maximum Gasteiger partial charge on any atom is 0.272 e. The average molecular weight is 369 g/mol. The van der Waals surface area contributed by atoms with Crippen molar-refractivity contribution in [3.05, 3.63) is 40.3 Å². The number of benzene rings is 1. The molecule has 0 saturated carbocycles. The lowest BCUT2D eigenvalue weighted by Gasteiger charge is -2.03. The minimum Gasteiger partial charge on any atom is -0.298 e. The first-order valence-corrected chi connectivity index (χ1v) is 8.87. The lowest BCUT2D eigenvalue weighted by Crippen LogP contribution is -2.13. The van der Waals surface area contributed by atoms with E-state index >= 15 is 0 Å². The molecule has 0 bridgehead atoms. The smallest absolute Gasteiger partial charge is 0.272 e. The van der Waals surface area contributed by atoms with Crippen LogP contribution in [0.2, 0.25) is 5.02 Å². The van der Waals surface area contributed by atoms with Gasteiger partial charge in [-0.25, -0.2) is 17.8 Å². The minimum absolute atomic E-state index is 0.00361. The highest BCUT2D eigenvalue weighted by molar-refractivity contribution is 8.15. The fraction of sp³-hybridized carbons (Fsp3) is 0.0909. The number of hydrogen-bond donors (Lipinski definition) is 1. The highest BCUT2D eigenvalue weighted by atomic mass is 35.7. The quantitative estimate of drug-likeness (QED) is 0.842. The van der Waals surface area contributed by atoms with Crippen molar-refractivity contribution in [2.75, 3.05) is 5.32 Å². The molecular formula is C11H7Cl2FN2O3S2. The number of halogens is 3. The Morgan fingerprint density at radius 3 is 2.67 bits per heavy atom. The predicted octanol–water partition coefficient (Wildman–Crippen LogP) is 3.42. The minimum atomic E-state index is -3.95. The Labute approximate surface area is 133 Å². The molecular weight excluding hydrogens is 362 g/mol. The molecule has 2 rings (SSSR count). The zero-order valence-corrected chi connectivity index (χ0v) is 13.5. The van der Waals surface area contributed by atoms with E-state index in [1.165, 1.54) is 13.0 Å². The van der Waals surface area contributed by atoms with Gasteiger partial charge in [0, 0.05) is 15.7 Å². The first kappa shape index (κ1) is 16.2. The second-order valence-corrected chi connectivity index (χ2v) is 8.10. The normalized spacial score (nSPS) is 11.4. The van der Waals surface area contributed by atoms with Crippen molar-refractivity contribution in [1.29, 1.82) is 0 Å². The molecule has 112 valence electrons. The summed E-state index contributed by atoms with van der Waals surface area (Å²) in [6.07, 6.45) is 0. The highest BCUT2D eigenvalue weighted by Crippen LogP contribution is 2.30. The van der Waals surface area contributed by atoms with Gasteiger partial charge in [0.1, 0.15) is 5.82 Å². The monoisotopic (exact) mass is 368 g/mol. The Balaban J connectivity index is 2.30. The third-order valence-corrected chi connectivity index (χ3v) is 5.86. The van der Waals surface area contributed by atoms with Gasteiger partial charge in [0.25, 0.3) is 15.0 Å². The van der Waals surface area contributed by atoms with Crippen LogP contribution in [0.1, 0.15) is 16.1 Å². The summed E-state index contributed by atoms with van der Waals surface area (Å²) in [6, 6.07) is 3.52. The van der Waals surface area contributed by atoms with Crippen LogP contribution in [0.15, 0.2) is 22.4 Å². The zero-order valence-electron chi connectivity index (χ0n) is 10.4. The van der Waals surface area contributed by atoms with Crippen LogP contribution in [0.3, 0.4) is 0 Å². The predicted molar refractivity (Wildman–Crippen MR) is 79.3 cm³/mol. The Kier molecular flexibility index (Phi) is 4.52. The first-order valence-electron chi connectivity index (χ1n) is 5.37.